The molecule has 1 aliphatic rings. The molecule has 134 valence electrons. The van der Waals surface area contributed by atoms with Gasteiger partial charge in [0, 0.05) is 12.1 Å². The third-order valence-corrected chi connectivity index (χ3v) is 4.66. The molecule has 3 N–H and O–H groups in total. The summed E-state index contributed by atoms with van der Waals surface area (Å²) in [5, 5.41) is 18.1. The van der Waals surface area contributed by atoms with Gasteiger partial charge >= 0.3 is 5.97 Å². The molecule has 10 heteroatoms. The van der Waals surface area contributed by atoms with Gasteiger partial charge < -0.3 is 15.7 Å². The quantitative estimate of drug-likeness (QED) is 0.520. The average Bonchev–Trinajstić information content (AvgIpc) is 2.96. The molecule has 0 bridgehead atoms. The molecule has 0 aliphatic carbocycles. The van der Waals surface area contributed by atoms with Gasteiger partial charge in [-0.3, -0.25) is 9.59 Å². The van der Waals surface area contributed by atoms with Gasteiger partial charge in [-0.15, -0.1) is 4.47 Å². The van der Waals surface area contributed by atoms with Crippen molar-refractivity contribution in [3.63, 3.8) is 0 Å². The highest BCUT2D eigenvalue weighted by Crippen LogP contribution is 2.19. The van der Waals surface area contributed by atoms with E-state index in [9.17, 15) is 18.8 Å². The Labute approximate surface area is 145 Å². The van der Waals surface area contributed by atoms with E-state index in [1.165, 1.54) is 12.1 Å². The Kier molecular flexibility index (Phi) is 6.34. The van der Waals surface area contributed by atoms with Crippen LogP contribution in [0.4, 0.5) is 10.1 Å². The van der Waals surface area contributed by atoms with Gasteiger partial charge in [0.2, 0.25) is 11.8 Å². The number of rotatable bonds is 6. The number of carbonyl (C=O) groups is 3. The minimum Gasteiger partial charge on any atom is -0.478 e. The predicted molar refractivity (Wildman–Crippen MR) is 92.0 cm³/mol. The third-order valence-electron chi connectivity index (χ3n) is 3.28. The molecule has 2 rings (SSSR count). The van der Waals surface area contributed by atoms with Crippen molar-refractivity contribution in [1.29, 1.82) is 0 Å². The first-order valence-corrected chi connectivity index (χ1v) is 8.89. The predicted octanol–water partition coefficient (Wildman–Crippen LogP) is 1.51. The van der Waals surface area contributed by atoms with E-state index in [1.54, 1.807) is 6.92 Å². The number of halogens is 1. The molecule has 1 aromatic rings. The number of carbonyl (C=O) groups excluding carboxylic acids is 2. The molecule has 1 aromatic carbocycles. The lowest BCUT2D eigenvalue weighted by molar-refractivity contribution is -0.118. The van der Waals surface area contributed by atoms with E-state index >= 15 is 0 Å². The number of amides is 2. The summed E-state index contributed by atoms with van der Waals surface area (Å²) in [7, 11) is -0.465. The number of aromatic carboxylic acids is 1. The van der Waals surface area contributed by atoms with E-state index < -0.39 is 33.9 Å². The highest BCUT2D eigenvalue weighted by atomic mass is 32.2. The number of nitrogens with one attached hydrogen (secondary N) is 2. The first kappa shape index (κ1) is 18.7. The maximum absolute atomic E-state index is 13.5. The molecule has 1 unspecified atom stereocenters. The molecular formula is C15H17FN4O4S. The molecule has 0 saturated carbocycles. The van der Waals surface area contributed by atoms with Gasteiger partial charge in [0.25, 0.3) is 0 Å². The molecule has 1 heterocycles. The Bertz CT molecular complexity index is 779. The van der Waals surface area contributed by atoms with Crippen LogP contribution in [-0.2, 0) is 20.3 Å². The summed E-state index contributed by atoms with van der Waals surface area (Å²) in [6.45, 7) is 1.70. The van der Waals surface area contributed by atoms with E-state index in [0.717, 1.165) is 6.07 Å². The topological polar surface area (TPSA) is 120 Å². The minimum absolute atomic E-state index is 0.0470. The van der Waals surface area contributed by atoms with Crippen molar-refractivity contribution in [2.24, 2.45) is 9.57 Å². The van der Waals surface area contributed by atoms with Gasteiger partial charge in [0.15, 0.2) is 0 Å². The zero-order chi connectivity index (χ0) is 18.4. The number of nitrogens with zero attached hydrogens (tertiary/aromatic N) is 2. The second-order valence-electron chi connectivity index (χ2n) is 5.28. The second kappa shape index (κ2) is 8.47. The lowest BCUT2D eigenvalue weighted by Gasteiger charge is -2.08. The van der Waals surface area contributed by atoms with Crippen LogP contribution in [0.25, 0.3) is 0 Å². The normalized spacial score (nSPS) is 17.4. The molecule has 8 nitrogen and oxygen atoms in total. The van der Waals surface area contributed by atoms with Gasteiger partial charge in [-0.2, -0.15) is 5.10 Å². The molecule has 0 spiro atoms. The standard InChI is InChI=1S/C15H17FN4O4S/c1-9(19-20-25-7-13(22)17-8-25)5-6-12(21)18-11-4-2-3-10(16)14(11)15(23)24/h2-4H,5-8H2,1H3,(H,17,22)(H,18,21)(H,23,24)/b19-9+. The molecular weight excluding hydrogens is 351 g/mol. The summed E-state index contributed by atoms with van der Waals surface area (Å²) >= 11 is 0. The van der Waals surface area contributed by atoms with Crippen molar-refractivity contribution >= 4 is 39.9 Å². The largest absolute Gasteiger partial charge is 0.478 e. The van der Waals surface area contributed by atoms with Crippen LogP contribution >= 0.6 is 0 Å². The fourth-order valence-electron chi connectivity index (χ4n) is 2.01. The number of benzene rings is 1. The molecule has 1 atom stereocenters. The summed E-state index contributed by atoms with van der Waals surface area (Å²) in [6, 6.07) is 3.66. The molecule has 25 heavy (non-hydrogen) atoms. The number of hydrogen-bond donors (Lipinski definition) is 3. The molecule has 1 saturated heterocycles. The highest BCUT2D eigenvalue weighted by molar-refractivity contribution is 7.88. The highest BCUT2D eigenvalue weighted by Gasteiger charge is 2.17. The van der Waals surface area contributed by atoms with Crippen LogP contribution in [-0.4, -0.2) is 40.2 Å². The fraction of sp³-hybridized carbons (Fsp3) is 0.333. The van der Waals surface area contributed by atoms with E-state index in [4.69, 9.17) is 5.11 Å². The monoisotopic (exact) mass is 368 g/mol. The van der Waals surface area contributed by atoms with Crippen LogP contribution in [0.15, 0.2) is 27.8 Å². The van der Waals surface area contributed by atoms with Crippen molar-refractivity contribution in [1.82, 2.24) is 5.32 Å². The SMILES string of the molecule is C/C(CCC(=O)Nc1cccc(F)c1C(=O)O)=N\N=S1/CNC(=O)C1. The Morgan fingerprint density at radius 2 is 2.16 bits per heavy atom. The Morgan fingerprint density at radius 1 is 1.40 bits per heavy atom. The van der Waals surface area contributed by atoms with Crippen LogP contribution in [0.1, 0.15) is 30.1 Å². The number of carboxylic acid groups (broad SMARTS) is 1. The van der Waals surface area contributed by atoms with E-state index in [0.29, 0.717) is 23.8 Å². The maximum Gasteiger partial charge on any atom is 0.340 e. The zero-order valence-electron chi connectivity index (χ0n) is 13.4. The number of carboxylic acids is 1. The van der Waals surface area contributed by atoms with Crippen molar-refractivity contribution < 1.29 is 23.9 Å². The molecule has 1 aliphatic heterocycles. The van der Waals surface area contributed by atoms with Gasteiger partial charge in [0.05, 0.1) is 17.3 Å². The zero-order valence-corrected chi connectivity index (χ0v) is 14.2. The first-order valence-electron chi connectivity index (χ1n) is 7.37. The summed E-state index contributed by atoms with van der Waals surface area (Å²) in [4.78, 5) is 34.1. The van der Waals surface area contributed by atoms with Crippen molar-refractivity contribution in [2.45, 2.75) is 19.8 Å². The fourth-order valence-corrected chi connectivity index (χ4v) is 3.21. The van der Waals surface area contributed by atoms with Gasteiger partial charge in [-0.05, 0) is 36.2 Å². The van der Waals surface area contributed by atoms with Crippen molar-refractivity contribution in [2.75, 3.05) is 16.9 Å². The summed E-state index contributed by atoms with van der Waals surface area (Å²) < 4.78 is 17.6. The van der Waals surface area contributed by atoms with Gasteiger partial charge in [-0.1, -0.05) is 6.07 Å². The average molecular weight is 368 g/mol. The minimum atomic E-state index is -1.45. The summed E-state index contributed by atoms with van der Waals surface area (Å²) in [5.41, 5.74) is -0.0515. The van der Waals surface area contributed by atoms with Gasteiger partial charge in [-0.25, -0.2) is 9.18 Å². The van der Waals surface area contributed by atoms with Crippen molar-refractivity contribution in [3.05, 3.63) is 29.6 Å². The van der Waals surface area contributed by atoms with E-state index in [-0.39, 0.29) is 18.0 Å². The second-order valence-corrected chi connectivity index (χ2v) is 6.95. The van der Waals surface area contributed by atoms with Crippen LogP contribution in [0.2, 0.25) is 0 Å². The van der Waals surface area contributed by atoms with Crippen LogP contribution in [0, 0.1) is 5.82 Å². The van der Waals surface area contributed by atoms with Gasteiger partial charge in [0.1, 0.15) is 11.4 Å². The summed E-state index contributed by atoms with van der Waals surface area (Å²) in [5.74, 6) is -2.07. The maximum atomic E-state index is 13.5. The van der Waals surface area contributed by atoms with E-state index in [1.807, 2.05) is 0 Å². The Morgan fingerprint density at radius 3 is 2.80 bits per heavy atom. The van der Waals surface area contributed by atoms with Crippen molar-refractivity contribution in [3.8, 4) is 0 Å². The molecule has 0 aromatic heterocycles. The Balaban J connectivity index is 1.92. The smallest absolute Gasteiger partial charge is 0.340 e. The van der Waals surface area contributed by atoms with Crippen LogP contribution < -0.4 is 10.6 Å². The Hall–Kier alpha value is -2.62. The lowest BCUT2D eigenvalue weighted by Crippen LogP contribution is -2.16. The molecule has 0 radical (unpaired) electrons. The molecule has 1 fully saturated rings. The third kappa shape index (κ3) is 5.45. The molecule has 2 amide bonds. The van der Waals surface area contributed by atoms with E-state index in [2.05, 4.69) is 20.2 Å². The number of hydrogen-bond acceptors (Lipinski definition) is 4. The number of anilines is 1. The lowest BCUT2D eigenvalue weighted by atomic mass is 10.1. The summed E-state index contributed by atoms with van der Waals surface area (Å²) in [6.07, 6.45) is 0.358. The first-order chi connectivity index (χ1) is 11.9. The van der Waals surface area contributed by atoms with Crippen LogP contribution in [0.3, 0.4) is 0 Å². The van der Waals surface area contributed by atoms with Crippen LogP contribution in [0.5, 0.6) is 0 Å².